The molecule has 6 heteroatoms. The highest BCUT2D eigenvalue weighted by atomic mass is 16.5. The molecule has 0 aliphatic carbocycles. The van der Waals surface area contributed by atoms with Crippen LogP contribution in [0.4, 0.5) is 11.8 Å². The SMILES string of the molecule is CNc1nc(NC)c2c(-c3ccc(OC)cc3)c(-c3ccc(OC)cc3)ccc2n1. The number of methoxy groups -OCH3 is 2. The molecule has 0 atom stereocenters. The lowest BCUT2D eigenvalue weighted by atomic mass is 9.91. The van der Waals surface area contributed by atoms with Gasteiger partial charge in [0.25, 0.3) is 0 Å². The van der Waals surface area contributed by atoms with Crippen molar-refractivity contribution in [2.75, 3.05) is 38.9 Å². The van der Waals surface area contributed by atoms with Crippen molar-refractivity contribution >= 4 is 22.7 Å². The lowest BCUT2D eigenvalue weighted by molar-refractivity contribution is 0.414. The van der Waals surface area contributed by atoms with Gasteiger partial charge in [0.1, 0.15) is 17.3 Å². The van der Waals surface area contributed by atoms with E-state index in [1.807, 2.05) is 44.4 Å². The monoisotopic (exact) mass is 400 g/mol. The van der Waals surface area contributed by atoms with Crippen LogP contribution in [0, 0.1) is 0 Å². The van der Waals surface area contributed by atoms with Gasteiger partial charge in [-0.3, -0.25) is 0 Å². The molecule has 0 fully saturated rings. The van der Waals surface area contributed by atoms with Gasteiger partial charge in [-0.25, -0.2) is 4.98 Å². The van der Waals surface area contributed by atoms with E-state index in [0.29, 0.717) is 5.95 Å². The largest absolute Gasteiger partial charge is 0.497 e. The molecule has 0 bridgehead atoms. The first kappa shape index (κ1) is 19.5. The molecular formula is C24H24N4O2. The van der Waals surface area contributed by atoms with E-state index in [-0.39, 0.29) is 0 Å². The predicted octanol–water partition coefficient (Wildman–Crippen LogP) is 5.06. The number of nitrogens with one attached hydrogen (secondary N) is 2. The first-order chi connectivity index (χ1) is 14.7. The average Bonchev–Trinajstić information content (AvgIpc) is 2.82. The first-order valence-corrected chi connectivity index (χ1v) is 9.67. The topological polar surface area (TPSA) is 68.3 Å². The summed E-state index contributed by atoms with van der Waals surface area (Å²) in [6.07, 6.45) is 0. The summed E-state index contributed by atoms with van der Waals surface area (Å²) < 4.78 is 10.7. The fourth-order valence-electron chi connectivity index (χ4n) is 3.59. The van der Waals surface area contributed by atoms with Crippen LogP contribution >= 0.6 is 0 Å². The van der Waals surface area contributed by atoms with Crippen LogP contribution in [0.3, 0.4) is 0 Å². The highest BCUT2D eigenvalue weighted by Crippen LogP contribution is 2.41. The second-order valence-electron chi connectivity index (χ2n) is 6.74. The highest BCUT2D eigenvalue weighted by molar-refractivity contribution is 6.08. The minimum atomic E-state index is 0.574. The van der Waals surface area contributed by atoms with Crippen LogP contribution in [0.25, 0.3) is 33.2 Å². The molecular weight excluding hydrogens is 376 g/mol. The molecule has 4 aromatic rings. The molecule has 3 aromatic carbocycles. The van der Waals surface area contributed by atoms with Crippen LogP contribution in [-0.4, -0.2) is 38.3 Å². The quantitative estimate of drug-likeness (QED) is 0.471. The first-order valence-electron chi connectivity index (χ1n) is 9.67. The smallest absolute Gasteiger partial charge is 0.224 e. The number of hydrogen-bond acceptors (Lipinski definition) is 6. The van der Waals surface area contributed by atoms with E-state index in [1.165, 1.54) is 0 Å². The number of anilines is 2. The van der Waals surface area contributed by atoms with Crippen LogP contribution in [0.1, 0.15) is 0 Å². The van der Waals surface area contributed by atoms with Crippen LogP contribution < -0.4 is 20.1 Å². The number of nitrogens with zero attached hydrogens (tertiary/aromatic N) is 2. The summed E-state index contributed by atoms with van der Waals surface area (Å²) in [5.74, 6) is 2.98. The second kappa shape index (κ2) is 8.29. The van der Waals surface area contributed by atoms with Gasteiger partial charge < -0.3 is 20.1 Å². The molecule has 152 valence electrons. The zero-order chi connectivity index (χ0) is 21.1. The zero-order valence-electron chi connectivity index (χ0n) is 17.5. The van der Waals surface area contributed by atoms with Gasteiger partial charge in [0.05, 0.1) is 25.1 Å². The van der Waals surface area contributed by atoms with Gasteiger partial charge >= 0.3 is 0 Å². The van der Waals surface area contributed by atoms with Gasteiger partial charge in [-0.15, -0.1) is 0 Å². The molecule has 1 heterocycles. The predicted molar refractivity (Wildman–Crippen MR) is 123 cm³/mol. The molecule has 4 rings (SSSR count). The van der Waals surface area contributed by atoms with Crippen molar-refractivity contribution in [1.82, 2.24) is 9.97 Å². The fraction of sp³-hybridized carbons (Fsp3) is 0.167. The van der Waals surface area contributed by atoms with Gasteiger partial charge in [0.15, 0.2) is 0 Å². The Balaban J connectivity index is 2.04. The number of ether oxygens (including phenoxy) is 2. The third-order valence-corrected chi connectivity index (χ3v) is 5.10. The summed E-state index contributed by atoms with van der Waals surface area (Å²) in [6, 6.07) is 20.3. The van der Waals surface area contributed by atoms with Crippen molar-refractivity contribution in [3.8, 4) is 33.8 Å². The molecule has 6 nitrogen and oxygen atoms in total. The molecule has 0 unspecified atom stereocenters. The molecule has 0 radical (unpaired) electrons. The van der Waals surface area contributed by atoms with E-state index < -0.39 is 0 Å². The number of fused-ring (bicyclic) bond motifs is 1. The Morgan fingerprint density at radius 1 is 0.667 bits per heavy atom. The third kappa shape index (κ3) is 3.48. The summed E-state index contributed by atoms with van der Waals surface area (Å²) in [4.78, 5) is 9.32. The van der Waals surface area contributed by atoms with Gasteiger partial charge in [-0.2, -0.15) is 4.98 Å². The summed E-state index contributed by atoms with van der Waals surface area (Å²) >= 11 is 0. The van der Waals surface area contributed by atoms with Crippen LogP contribution in [0.5, 0.6) is 11.5 Å². The summed E-state index contributed by atoms with van der Waals surface area (Å²) in [5.41, 5.74) is 5.16. The highest BCUT2D eigenvalue weighted by Gasteiger charge is 2.17. The number of hydrogen-bond donors (Lipinski definition) is 2. The average molecular weight is 400 g/mol. The molecule has 30 heavy (non-hydrogen) atoms. The zero-order valence-corrected chi connectivity index (χ0v) is 17.5. The standard InChI is InChI=1S/C24H24N4O2/c1-25-23-22-20(27-24(26-2)28-23)14-13-19(15-5-9-17(29-3)10-6-15)21(22)16-7-11-18(30-4)12-8-16/h5-14H,1-4H3,(H2,25,26,27,28). The van der Waals surface area contributed by atoms with Gasteiger partial charge in [0.2, 0.25) is 5.95 Å². The van der Waals surface area contributed by atoms with Crippen LogP contribution in [-0.2, 0) is 0 Å². The molecule has 1 aromatic heterocycles. The lowest BCUT2D eigenvalue weighted by Gasteiger charge is -2.17. The Kier molecular flexibility index (Phi) is 5.39. The maximum Gasteiger partial charge on any atom is 0.224 e. The van der Waals surface area contributed by atoms with Gasteiger partial charge in [-0.1, -0.05) is 30.3 Å². The molecule has 0 amide bonds. The Morgan fingerprint density at radius 2 is 1.27 bits per heavy atom. The van der Waals surface area contributed by atoms with E-state index in [1.54, 1.807) is 14.2 Å². The van der Waals surface area contributed by atoms with E-state index >= 15 is 0 Å². The summed E-state index contributed by atoms with van der Waals surface area (Å²) in [6.45, 7) is 0. The van der Waals surface area contributed by atoms with Crippen molar-refractivity contribution in [3.63, 3.8) is 0 Å². The lowest BCUT2D eigenvalue weighted by Crippen LogP contribution is -2.03. The van der Waals surface area contributed by atoms with E-state index in [9.17, 15) is 0 Å². The van der Waals surface area contributed by atoms with Crippen molar-refractivity contribution in [1.29, 1.82) is 0 Å². The fourth-order valence-corrected chi connectivity index (χ4v) is 3.59. The number of aromatic nitrogens is 2. The molecule has 2 N–H and O–H groups in total. The van der Waals surface area contributed by atoms with Gasteiger partial charge in [-0.05, 0) is 47.0 Å². The van der Waals surface area contributed by atoms with Crippen molar-refractivity contribution in [2.24, 2.45) is 0 Å². The second-order valence-corrected chi connectivity index (χ2v) is 6.74. The number of rotatable bonds is 6. The summed E-state index contributed by atoms with van der Waals surface area (Å²) in [5, 5.41) is 7.24. The molecule has 0 saturated heterocycles. The van der Waals surface area contributed by atoms with E-state index in [2.05, 4.69) is 50.9 Å². The maximum absolute atomic E-state index is 5.35. The Labute approximate surface area is 175 Å². The molecule has 0 aliphatic rings. The van der Waals surface area contributed by atoms with E-state index in [0.717, 1.165) is 50.5 Å². The molecule has 0 saturated carbocycles. The van der Waals surface area contributed by atoms with Crippen molar-refractivity contribution < 1.29 is 9.47 Å². The minimum Gasteiger partial charge on any atom is -0.497 e. The maximum atomic E-state index is 5.35. The van der Waals surface area contributed by atoms with Crippen LogP contribution in [0.15, 0.2) is 60.7 Å². The summed E-state index contributed by atoms with van der Waals surface area (Å²) in [7, 11) is 7.03. The van der Waals surface area contributed by atoms with Crippen molar-refractivity contribution in [3.05, 3.63) is 60.7 Å². The minimum absolute atomic E-state index is 0.574. The van der Waals surface area contributed by atoms with Crippen molar-refractivity contribution in [2.45, 2.75) is 0 Å². The van der Waals surface area contributed by atoms with Gasteiger partial charge in [0, 0.05) is 19.7 Å². The van der Waals surface area contributed by atoms with Crippen LogP contribution in [0.2, 0.25) is 0 Å². The third-order valence-electron chi connectivity index (χ3n) is 5.10. The number of benzene rings is 3. The normalized spacial score (nSPS) is 10.7. The molecule has 0 spiro atoms. The Hall–Kier alpha value is -3.80. The molecule has 0 aliphatic heterocycles. The Morgan fingerprint density at radius 3 is 1.80 bits per heavy atom. The Bertz CT molecular complexity index is 1170. The van der Waals surface area contributed by atoms with E-state index in [4.69, 9.17) is 9.47 Å².